The molecular formula is C39H44F2N4O3. The highest BCUT2D eigenvalue weighted by molar-refractivity contribution is 5.95. The van der Waals surface area contributed by atoms with Crippen molar-refractivity contribution in [2.75, 3.05) is 20.6 Å². The summed E-state index contributed by atoms with van der Waals surface area (Å²) >= 11 is 0. The molecule has 0 saturated carbocycles. The lowest BCUT2D eigenvalue weighted by molar-refractivity contribution is -0.146. The second-order valence-corrected chi connectivity index (χ2v) is 12.9. The van der Waals surface area contributed by atoms with Gasteiger partial charge in [0, 0.05) is 39.0 Å². The van der Waals surface area contributed by atoms with Crippen LogP contribution in [0.15, 0.2) is 103 Å². The lowest BCUT2D eigenvalue weighted by Gasteiger charge is -2.34. The molecule has 7 nitrogen and oxygen atoms in total. The van der Waals surface area contributed by atoms with Crippen LogP contribution in [0, 0.1) is 11.6 Å². The number of amides is 3. The summed E-state index contributed by atoms with van der Waals surface area (Å²) in [6.45, 7) is 4.01. The summed E-state index contributed by atoms with van der Waals surface area (Å²) in [4.78, 5) is 44.2. The molecule has 0 unspecified atom stereocenters. The lowest BCUT2D eigenvalue weighted by atomic mass is 9.98. The maximum Gasteiger partial charge on any atom is 0.246 e. The largest absolute Gasteiger partial charge is 0.354 e. The molecule has 0 bridgehead atoms. The van der Waals surface area contributed by atoms with Crippen LogP contribution in [0.5, 0.6) is 0 Å². The predicted molar refractivity (Wildman–Crippen MR) is 186 cm³/mol. The molecule has 0 spiro atoms. The first-order valence-corrected chi connectivity index (χ1v) is 16.0. The van der Waals surface area contributed by atoms with Crippen LogP contribution < -0.4 is 11.1 Å². The summed E-state index contributed by atoms with van der Waals surface area (Å²) in [7, 11) is 3.06. The van der Waals surface area contributed by atoms with Crippen LogP contribution in [0.1, 0.15) is 37.0 Å². The smallest absolute Gasteiger partial charge is 0.246 e. The molecule has 0 aliphatic carbocycles. The van der Waals surface area contributed by atoms with Gasteiger partial charge >= 0.3 is 0 Å². The zero-order chi connectivity index (χ0) is 34.8. The van der Waals surface area contributed by atoms with E-state index in [-0.39, 0.29) is 12.8 Å². The fourth-order valence-electron chi connectivity index (χ4n) is 5.49. The Kier molecular flexibility index (Phi) is 12.2. The zero-order valence-corrected chi connectivity index (χ0v) is 28.0. The summed E-state index contributed by atoms with van der Waals surface area (Å²) in [6.07, 6.45) is 4.23. The molecule has 9 heteroatoms. The van der Waals surface area contributed by atoms with Gasteiger partial charge < -0.3 is 20.9 Å². The van der Waals surface area contributed by atoms with E-state index in [1.807, 2.05) is 86.6 Å². The van der Waals surface area contributed by atoms with Gasteiger partial charge in [-0.2, -0.15) is 0 Å². The van der Waals surface area contributed by atoms with Gasteiger partial charge in [0.1, 0.15) is 12.1 Å². The third-order valence-corrected chi connectivity index (χ3v) is 8.33. The molecule has 0 heterocycles. The molecule has 0 fully saturated rings. The Bertz CT molecular complexity index is 1750. The van der Waals surface area contributed by atoms with Crippen molar-refractivity contribution in [3.8, 4) is 0 Å². The first-order valence-electron chi connectivity index (χ1n) is 16.0. The van der Waals surface area contributed by atoms with Crippen LogP contribution in [0.4, 0.5) is 8.78 Å². The van der Waals surface area contributed by atoms with Crippen molar-refractivity contribution in [3.63, 3.8) is 0 Å². The van der Waals surface area contributed by atoms with Gasteiger partial charge in [-0.3, -0.25) is 14.4 Å². The van der Waals surface area contributed by atoms with E-state index < -0.39 is 47.0 Å². The van der Waals surface area contributed by atoms with Gasteiger partial charge in [0.2, 0.25) is 17.7 Å². The van der Waals surface area contributed by atoms with E-state index in [2.05, 4.69) is 5.32 Å². The highest BCUT2D eigenvalue weighted by atomic mass is 19.2. The Morgan fingerprint density at radius 2 is 1.40 bits per heavy atom. The van der Waals surface area contributed by atoms with E-state index in [1.54, 1.807) is 13.1 Å². The Morgan fingerprint density at radius 1 is 0.771 bits per heavy atom. The standard InChI is InChI=1S/C39H44F2N4O3/c1-39(2,42)21-10-15-36(46)44(3)35(26-28-16-18-30-13-8-9-14-31(30)23-28)38(48)45(4)34(25-29-17-19-32(40)33(41)24-29)37(47)43-22-20-27-11-6-5-7-12-27/h5-19,23-24,34-35H,20-22,25-26,42H2,1-4H3,(H,43,47)/b15-10+/t34-,35-/m1/s1. The van der Waals surface area contributed by atoms with E-state index in [4.69, 9.17) is 5.73 Å². The number of hydrogen-bond donors (Lipinski definition) is 2. The number of likely N-dealkylation sites (N-methyl/N-ethyl adjacent to an activating group) is 2. The molecule has 0 aliphatic heterocycles. The lowest BCUT2D eigenvalue weighted by Crippen LogP contribution is -2.56. The molecule has 4 aromatic rings. The summed E-state index contributed by atoms with van der Waals surface area (Å²) in [6, 6.07) is 24.7. The Balaban J connectivity index is 1.64. The molecule has 48 heavy (non-hydrogen) atoms. The average Bonchev–Trinajstić information content (AvgIpc) is 3.06. The normalized spacial score (nSPS) is 12.9. The van der Waals surface area contributed by atoms with Crippen LogP contribution in [-0.4, -0.2) is 65.8 Å². The number of halogens is 2. The van der Waals surface area contributed by atoms with E-state index in [1.165, 1.54) is 29.0 Å². The molecule has 0 aliphatic rings. The Labute approximate surface area is 281 Å². The quantitative estimate of drug-likeness (QED) is 0.173. The maximum atomic E-state index is 14.4. The highest BCUT2D eigenvalue weighted by Crippen LogP contribution is 2.21. The predicted octanol–water partition coefficient (Wildman–Crippen LogP) is 5.60. The molecule has 3 N–H and O–H groups in total. The van der Waals surface area contributed by atoms with Crippen molar-refractivity contribution >= 4 is 28.5 Å². The fourth-order valence-corrected chi connectivity index (χ4v) is 5.49. The fraction of sp³-hybridized carbons (Fsp3) is 0.308. The molecule has 0 aromatic heterocycles. The van der Waals surface area contributed by atoms with E-state index in [0.717, 1.165) is 34.0 Å². The van der Waals surface area contributed by atoms with Crippen molar-refractivity contribution in [1.82, 2.24) is 15.1 Å². The summed E-state index contributed by atoms with van der Waals surface area (Å²) in [5, 5.41) is 4.94. The minimum absolute atomic E-state index is 0.0670. The van der Waals surface area contributed by atoms with Gasteiger partial charge in [-0.1, -0.05) is 84.9 Å². The van der Waals surface area contributed by atoms with Gasteiger partial charge in [0.05, 0.1) is 0 Å². The Morgan fingerprint density at radius 3 is 2.08 bits per heavy atom. The van der Waals surface area contributed by atoms with E-state index >= 15 is 0 Å². The molecule has 0 radical (unpaired) electrons. The topological polar surface area (TPSA) is 95.7 Å². The van der Waals surface area contributed by atoms with Gasteiger partial charge in [-0.15, -0.1) is 0 Å². The maximum absolute atomic E-state index is 14.4. The number of benzene rings is 4. The molecule has 2 atom stereocenters. The van der Waals surface area contributed by atoms with Crippen molar-refractivity contribution in [2.24, 2.45) is 5.73 Å². The zero-order valence-electron chi connectivity index (χ0n) is 28.0. The third-order valence-electron chi connectivity index (χ3n) is 8.33. The molecule has 3 amide bonds. The van der Waals surface area contributed by atoms with Crippen LogP contribution in [0.3, 0.4) is 0 Å². The van der Waals surface area contributed by atoms with Crippen molar-refractivity contribution in [1.29, 1.82) is 0 Å². The van der Waals surface area contributed by atoms with Crippen molar-refractivity contribution in [3.05, 3.63) is 131 Å². The second kappa shape index (κ2) is 16.3. The van der Waals surface area contributed by atoms with E-state index in [9.17, 15) is 23.2 Å². The summed E-state index contributed by atoms with van der Waals surface area (Å²) in [5.74, 6) is -3.37. The minimum Gasteiger partial charge on any atom is -0.354 e. The Hall–Kier alpha value is -4.89. The van der Waals surface area contributed by atoms with E-state index in [0.29, 0.717) is 24.9 Å². The molecule has 4 rings (SSSR count). The number of nitrogens with one attached hydrogen (secondary N) is 1. The number of rotatable bonds is 14. The first-order chi connectivity index (χ1) is 22.8. The second-order valence-electron chi connectivity index (χ2n) is 12.9. The van der Waals surface area contributed by atoms with Crippen LogP contribution >= 0.6 is 0 Å². The summed E-state index contributed by atoms with van der Waals surface area (Å²) in [5.41, 5.74) is 7.77. The number of nitrogens with two attached hydrogens (primary N) is 1. The average molecular weight is 655 g/mol. The molecule has 252 valence electrons. The minimum atomic E-state index is -1.07. The van der Waals surface area contributed by atoms with Crippen molar-refractivity contribution in [2.45, 2.75) is 57.2 Å². The van der Waals surface area contributed by atoms with Crippen molar-refractivity contribution < 1.29 is 23.2 Å². The van der Waals surface area contributed by atoms with Gasteiger partial charge in [0.25, 0.3) is 0 Å². The molecule has 4 aromatic carbocycles. The molecule has 0 saturated heterocycles. The monoisotopic (exact) mass is 654 g/mol. The van der Waals surface area contributed by atoms with Gasteiger partial charge in [-0.05, 0) is 72.4 Å². The third kappa shape index (κ3) is 10.1. The van der Waals surface area contributed by atoms with Crippen LogP contribution in [0.2, 0.25) is 0 Å². The molecular weight excluding hydrogens is 610 g/mol. The number of nitrogens with zero attached hydrogens (tertiary/aromatic N) is 2. The number of hydrogen-bond acceptors (Lipinski definition) is 4. The van der Waals surface area contributed by atoms with Crippen LogP contribution in [-0.2, 0) is 33.6 Å². The number of carbonyl (C=O) groups excluding carboxylic acids is 3. The first kappa shape index (κ1) is 36.0. The van der Waals surface area contributed by atoms with Gasteiger partial charge in [-0.25, -0.2) is 8.78 Å². The highest BCUT2D eigenvalue weighted by Gasteiger charge is 2.35. The van der Waals surface area contributed by atoms with Gasteiger partial charge in [0.15, 0.2) is 11.6 Å². The number of carbonyl (C=O) groups is 3. The SMILES string of the molecule is CN(C(=O)/C=C/CC(C)(C)N)[C@H](Cc1ccc2ccccc2c1)C(=O)N(C)[C@H](Cc1ccc(F)c(F)c1)C(=O)NCCc1ccccc1. The summed E-state index contributed by atoms with van der Waals surface area (Å²) < 4.78 is 28.0. The number of fused-ring (bicyclic) bond motifs is 1. The van der Waals surface area contributed by atoms with Crippen LogP contribution in [0.25, 0.3) is 10.8 Å².